The number of pyridine rings is 1. The van der Waals surface area contributed by atoms with E-state index in [-0.39, 0.29) is 12.6 Å². The molecule has 2 heterocycles. The van der Waals surface area contributed by atoms with Crippen LogP contribution < -0.4 is 16.4 Å². The van der Waals surface area contributed by atoms with Crippen LogP contribution >= 0.6 is 0 Å². The predicted octanol–water partition coefficient (Wildman–Crippen LogP) is 0.394. The fourth-order valence-corrected chi connectivity index (χ4v) is 1.72. The first-order chi connectivity index (χ1) is 10.0. The van der Waals surface area contributed by atoms with Crippen molar-refractivity contribution < 1.29 is 9.59 Å². The minimum Gasteiger partial charge on any atom is -0.368 e. The van der Waals surface area contributed by atoms with E-state index in [1.165, 1.54) is 17.1 Å². The van der Waals surface area contributed by atoms with E-state index < -0.39 is 5.91 Å². The molecule has 0 saturated carbocycles. The van der Waals surface area contributed by atoms with Crippen molar-refractivity contribution >= 4 is 17.6 Å². The minimum atomic E-state index is -0.500. The average Bonchev–Trinajstić information content (AvgIpc) is 2.83. The lowest BCUT2D eigenvalue weighted by Crippen LogP contribution is -2.28. The number of aromatic nitrogens is 3. The maximum Gasteiger partial charge on any atom is 0.319 e. The summed E-state index contributed by atoms with van der Waals surface area (Å²) in [5, 5.41) is 9.19. The molecule has 0 fully saturated rings. The zero-order chi connectivity index (χ0) is 15.2. The van der Waals surface area contributed by atoms with Crippen molar-refractivity contribution in [3.63, 3.8) is 0 Å². The Balaban J connectivity index is 1.84. The van der Waals surface area contributed by atoms with Crippen LogP contribution in [0, 0.1) is 6.92 Å². The van der Waals surface area contributed by atoms with E-state index in [0.29, 0.717) is 12.2 Å². The molecular formula is C13H16N6O2. The first kappa shape index (κ1) is 14.5. The van der Waals surface area contributed by atoms with Gasteiger partial charge in [-0.1, -0.05) is 6.07 Å². The van der Waals surface area contributed by atoms with Gasteiger partial charge >= 0.3 is 6.03 Å². The zero-order valence-corrected chi connectivity index (χ0v) is 11.5. The number of primary amides is 1. The molecule has 0 aliphatic rings. The van der Waals surface area contributed by atoms with Gasteiger partial charge in [-0.15, -0.1) is 0 Å². The third-order valence-electron chi connectivity index (χ3n) is 2.59. The highest BCUT2D eigenvalue weighted by molar-refractivity contribution is 5.88. The smallest absolute Gasteiger partial charge is 0.319 e. The Morgan fingerprint density at radius 2 is 2.19 bits per heavy atom. The molecule has 110 valence electrons. The van der Waals surface area contributed by atoms with Crippen LogP contribution in [0.3, 0.4) is 0 Å². The lowest BCUT2D eigenvalue weighted by atomic mass is 10.3. The quantitative estimate of drug-likeness (QED) is 0.738. The maximum atomic E-state index is 11.7. The topological polar surface area (TPSA) is 115 Å². The number of rotatable bonds is 5. The Labute approximate surface area is 121 Å². The number of hydrogen-bond acceptors (Lipinski definition) is 4. The van der Waals surface area contributed by atoms with Gasteiger partial charge in [0, 0.05) is 11.9 Å². The summed E-state index contributed by atoms with van der Waals surface area (Å²) in [7, 11) is 0. The fourth-order valence-electron chi connectivity index (χ4n) is 1.72. The average molecular weight is 288 g/mol. The number of nitrogens with two attached hydrogens (primary N) is 1. The van der Waals surface area contributed by atoms with Crippen molar-refractivity contribution in [1.82, 2.24) is 20.1 Å². The van der Waals surface area contributed by atoms with Crippen LogP contribution in [0.4, 0.5) is 10.5 Å². The summed E-state index contributed by atoms with van der Waals surface area (Å²) in [5.41, 5.74) is 7.19. The molecular weight excluding hydrogens is 272 g/mol. The van der Waals surface area contributed by atoms with Crippen LogP contribution in [0.5, 0.6) is 0 Å². The number of carbonyl (C=O) groups is 2. The van der Waals surface area contributed by atoms with Gasteiger partial charge in [0.25, 0.3) is 0 Å². The van der Waals surface area contributed by atoms with E-state index in [1.54, 1.807) is 0 Å². The van der Waals surface area contributed by atoms with Crippen molar-refractivity contribution in [2.24, 2.45) is 5.73 Å². The normalized spacial score (nSPS) is 10.1. The van der Waals surface area contributed by atoms with E-state index >= 15 is 0 Å². The third kappa shape index (κ3) is 4.60. The van der Waals surface area contributed by atoms with E-state index in [4.69, 9.17) is 5.73 Å². The van der Waals surface area contributed by atoms with Crippen molar-refractivity contribution in [1.29, 1.82) is 0 Å². The molecule has 0 radical (unpaired) electrons. The highest BCUT2D eigenvalue weighted by Gasteiger charge is 2.05. The first-order valence-corrected chi connectivity index (χ1v) is 6.31. The Kier molecular flexibility index (Phi) is 4.50. The highest BCUT2D eigenvalue weighted by atomic mass is 16.2. The van der Waals surface area contributed by atoms with Crippen molar-refractivity contribution in [2.75, 3.05) is 5.32 Å². The Bertz CT molecular complexity index is 652. The summed E-state index contributed by atoms with van der Waals surface area (Å²) < 4.78 is 1.35. The number of anilines is 1. The van der Waals surface area contributed by atoms with Crippen molar-refractivity contribution in [3.05, 3.63) is 42.0 Å². The molecule has 0 aliphatic carbocycles. The molecule has 2 aromatic rings. The first-order valence-electron chi connectivity index (χ1n) is 6.31. The van der Waals surface area contributed by atoms with Gasteiger partial charge in [-0.3, -0.25) is 14.5 Å². The van der Waals surface area contributed by atoms with Crippen LogP contribution in [0.25, 0.3) is 0 Å². The molecule has 0 unspecified atom stereocenters. The van der Waals surface area contributed by atoms with Crippen LogP contribution in [0.15, 0.2) is 30.6 Å². The molecule has 3 amide bonds. The summed E-state index contributed by atoms with van der Waals surface area (Å²) in [5.74, 6) is -0.500. The predicted molar refractivity (Wildman–Crippen MR) is 76.3 cm³/mol. The van der Waals surface area contributed by atoms with Gasteiger partial charge in [0.2, 0.25) is 5.91 Å². The molecule has 21 heavy (non-hydrogen) atoms. The summed E-state index contributed by atoms with van der Waals surface area (Å²) in [4.78, 5) is 26.7. The summed E-state index contributed by atoms with van der Waals surface area (Å²) in [6.07, 6.45) is 2.96. The molecule has 0 aliphatic heterocycles. The molecule has 0 bridgehead atoms. The molecule has 0 aromatic carbocycles. The highest BCUT2D eigenvalue weighted by Crippen LogP contribution is 2.04. The van der Waals surface area contributed by atoms with E-state index in [9.17, 15) is 9.59 Å². The number of nitrogens with zero attached hydrogens (tertiary/aromatic N) is 3. The lowest BCUT2D eigenvalue weighted by molar-refractivity contribution is -0.118. The Morgan fingerprint density at radius 1 is 1.38 bits per heavy atom. The van der Waals surface area contributed by atoms with Gasteiger partial charge in [0.05, 0.1) is 24.1 Å². The lowest BCUT2D eigenvalue weighted by Gasteiger charge is -2.06. The van der Waals surface area contributed by atoms with Gasteiger partial charge in [-0.2, -0.15) is 5.10 Å². The summed E-state index contributed by atoms with van der Waals surface area (Å²) in [6, 6.07) is 5.22. The molecule has 8 heteroatoms. The van der Waals surface area contributed by atoms with Crippen LogP contribution in [-0.4, -0.2) is 26.7 Å². The number of hydrogen-bond donors (Lipinski definition) is 3. The van der Waals surface area contributed by atoms with E-state index in [0.717, 1.165) is 11.4 Å². The molecule has 4 N–H and O–H groups in total. The van der Waals surface area contributed by atoms with Gasteiger partial charge in [-0.25, -0.2) is 4.79 Å². The Morgan fingerprint density at radius 3 is 2.90 bits per heavy atom. The largest absolute Gasteiger partial charge is 0.368 e. The second-order valence-corrected chi connectivity index (χ2v) is 4.47. The fraction of sp³-hybridized carbons (Fsp3) is 0.231. The molecule has 2 aromatic heterocycles. The molecule has 0 atom stereocenters. The second kappa shape index (κ2) is 6.51. The van der Waals surface area contributed by atoms with Crippen LogP contribution in [0.1, 0.15) is 11.4 Å². The molecule has 8 nitrogen and oxygen atoms in total. The van der Waals surface area contributed by atoms with Gasteiger partial charge in [-0.05, 0) is 19.1 Å². The van der Waals surface area contributed by atoms with Gasteiger partial charge in [0.1, 0.15) is 6.54 Å². The summed E-state index contributed by atoms with van der Waals surface area (Å²) >= 11 is 0. The minimum absolute atomic E-state index is 0.0312. The number of amides is 3. The molecule has 0 spiro atoms. The van der Waals surface area contributed by atoms with E-state index in [1.807, 2.05) is 25.1 Å². The molecule has 2 rings (SSSR count). The third-order valence-corrected chi connectivity index (χ3v) is 2.59. The zero-order valence-electron chi connectivity index (χ0n) is 11.5. The number of aryl methyl sites for hydroxylation is 1. The number of urea groups is 1. The van der Waals surface area contributed by atoms with Crippen LogP contribution in [-0.2, 0) is 17.9 Å². The van der Waals surface area contributed by atoms with Crippen molar-refractivity contribution in [2.45, 2.75) is 20.0 Å². The summed E-state index contributed by atoms with van der Waals surface area (Å²) in [6.45, 7) is 2.18. The maximum absolute atomic E-state index is 11.7. The monoisotopic (exact) mass is 288 g/mol. The van der Waals surface area contributed by atoms with Gasteiger partial charge < -0.3 is 16.4 Å². The van der Waals surface area contributed by atoms with Gasteiger partial charge in [0.15, 0.2) is 0 Å². The standard InChI is InChI=1S/C13H16N6O2/c1-9-3-2-4-10(17-9)5-15-13(21)18-11-6-16-19(7-11)8-12(14)20/h2-4,6-7H,5,8H2,1H3,(H2,14,20)(H2,15,18,21). The number of carbonyl (C=O) groups excluding carboxylic acids is 2. The SMILES string of the molecule is Cc1cccc(CNC(=O)Nc2cnn(CC(N)=O)c2)n1. The Hall–Kier alpha value is -2.90. The second-order valence-electron chi connectivity index (χ2n) is 4.47. The van der Waals surface area contributed by atoms with Crippen molar-refractivity contribution in [3.8, 4) is 0 Å². The van der Waals surface area contributed by atoms with Crippen LogP contribution in [0.2, 0.25) is 0 Å². The van der Waals surface area contributed by atoms with E-state index in [2.05, 4.69) is 20.7 Å². The number of nitrogens with one attached hydrogen (secondary N) is 2. The molecule has 0 saturated heterocycles.